The Labute approximate surface area is 158 Å². The summed E-state index contributed by atoms with van der Waals surface area (Å²) in [6, 6.07) is 5.47. The van der Waals surface area contributed by atoms with Crippen molar-refractivity contribution in [2.45, 2.75) is 38.4 Å². The molecule has 0 bridgehead atoms. The van der Waals surface area contributed by atoms with Crippen LogP contribution in [0, 0.1) is 5.82 Å². The molecule has 0 saturated carbocycles. The molecule has 1 saturated heterocycles. The predicted octanol–water partition coefficient (Wildman–Crippen LogP) is 2.13. The van der Waals surface area contributed by atoms with Crippen LogP contribution in [-0.2, 0) is 22.7 Å². The molecule has 0 aliphatic carbocycles. The third-order valence-corrected chi connectivity index (χ3v) is 5.55. The summed E-state index contributed by atoms with van der Waals surface area (Å²) in [7, 11) is 0. The highest BCUT2D eigenvalue weighted by molar-refractivity contribution is 7.15. The Morgan fingerprint density at radius 2 is 2.15 bits per heavy atom. The average molecular weight is 387 g/mol. The van der Waals surface area contributed by atoms with Crippen molar-refractivity contribution in [1.29, 1.82) is 0 Å². The van der Waals surface area contributed by atoms with Crippen LogP contribution < -0.4 is 5.32 Å². The van der Waals surface area contributed by atoms with E-state index in [1.54, 1.807) is 21.5 Å². The Kier molecular flexibility index (Phi) is 4.85. The van der Waals surface area contributed by atoms with Gasteiger partial charge in [-0.1, -0.05) is 12.1 Å². The normalized spacial score (nSPS) is 17.4. The Morgan fingerprint density at radius 1 is 1.33 bits per heavy atom. The Hall–Kier alpha value is -2.81. The molecule has 1 atom stereocenters. The van der Waals surface area contributed by atoms with Gasteiger partial charge in [-0.25, -0.2) is 13.9 Å². The number of hydrogen-bond acceptors (Lipinski definition) is 5. The van der Waals surface area contributed by atoms with E-state index in [0.29, 0.717) is 32.4 Å². The molecule has 3 heterocycles. The number of benzene rings is 1. The largest absolute Gasteiger partial charge is 0.349 e. The first-order valence-electron chi connectivity index (χ1n) is 8.69. The topological polar surface area (TPSA) is 79.6 Å². The number of rotatable bonds is 5. The fraction of sp³-hybridized carbons (Fsp3) is 0.333. The minimum absolute atomic E-state index is 0.0556. The van der Waals surface area contributed by atoms with Crippen molar-refractivity contribution in [3.05, 3.63) is 53.0 Å². The quantitative estimate of drug-likeness (QED) is 0.727. The zero-order chi connectivity index (χ0) is 18.8. The number of fused-ring (bicyclic) bond motifs is 1. The molecule has 7 nitrogen and oxygen atoms in total. The molecular weight excluding hydrogens is 369 g/mol. The van der Waals surface area contributed by atoms with Crippen LogP contribution in [0.2, 0.25) is 0 Å². The second kappa shape index (κ2) is 7.43. The van der Waals surface area contributed by atoms with Gasteiger partial charge in [0.25, 0.3) is 0 Å². The lowest BCUT2D eigenvalue weighted by atomic mass is 9.99. The van der Waals surface area contributed by atoms with Crippen molar-refractivity contribution in [2.75, 3.05) is 0 Å². The van der Waals surface area contributed by atoms with Crippen LogP contribution in [-0.4, -0.2) is 37.4 Å². The summed E-state index contributed by atoms with van der Waals surface area (Å²) in [5.74, 6) is -0.572. The third-order valence-electron chi connectivity index (χ3n) is 4.67. The van der Waals surface area contributed by atoms with E-state index < -0.39 is 6.04 Å². The molecule has 140 valence electrons. The molecule has 1 unspecified atom stereocenters. The molecular formula is C18H18FN5O2S. The van der Waals surface area contributed by atoms with E-state index in [4.69, 9.17) is 0 Å². The van der Waals surface area contributed by atoms with E-state index in [2.05, 4.69) is 15.4 Å². The lowest BCUT2D eigenvalue weighted by Crippen LogP contribution is -2.51. The van der Waals surface area contributed by atoms with Crippen molar-refractivity contribution in [2.24, 2.45) is 0 Å². The van der Waals surface area contributed by atoms with Crippen molar-refractivity contribution < 1.29 is 14.0 Å². The second-order valence-corrected chi connectivity index (χ2v) is 7.29. The molecule has 0 radical (unpaired) electrons. The Morgan fingerprint density at radius 3 is 2.96 bits per heavy atom. The molecule has 1 aromatic carbocycles. The van der Waals surface area contributed by atoms with Crippen LogP contribution >= 0.6 is 11.3 Å². The first-order chi connectivity index (χ1) is 13.1. The number of carbonyl (C=O) groups excluding carboxylic acids is 2. The van der Waals surface area contributed by atoms with Gasteiger partial charge in [0.15, 0.2) is 0 Å². The summed E-state index contributed by atoms with van der Waals surface area (Å²) in [4.78, 5) is 31.6. The Bertz CT molecular complexity index is 968. The van der Waals surface area contributed by atoms with Crippen LogP contribution in [0.1, 0.15) is 30.5 Å². The van der Waals surface area contributed by atoms with Crippen LogP contribution in [0.25, 0.3) is 4.96 Å². The van der Waals surface area contributed by atoms with Gasteiger partial charge < -0.3 is 10.2 Å². The van der Waals surface area contributed by atoms with Gasteiger partial charge in [-0.05, 0) is 30.5 Å². The highest BCUT2D eigenvalue weighted by atomic mass is 32.1. The van der Waals surface area contributed by atoms with E-state index in [1.807, 2.05) is 5.38 Å². The number of thiazole rings is 1. The van der Waals surface area contributed by atoms with Crippen LogP contribution in [0.5, 0.6) is 0 Å². The SMILES string of the molecule is O=C(NCc1csc2ncnn12)C1CCCC(=O)N1Cc1ccc(F)cc1. The van der Waals surface area contributed by atoms with Gasteiger partial charge >= 0.3 is 0 Å². The molecule has 2 amide bonds. The van der Waals surface area contributed by atoms with Gasteiger partial charge in [0.2, 0.25) is 16.8 Å². The van der Waals surface area contributed by atoms with E-state index in [-0.39, 0.29) is 17.6 Å². The highest BCUT2D eigenvalue weighted by Gasteiger charge is 2.33. The minimum Gasteiger partial charge on any atom is -0.349 e. The summed E-state index contributed by atoms with van der Waals surface area (Å²) in [6.07, 6.45) is 3.19. The monoisotopic (exact) mass is 387 g/mol. The number of hydrogen-bond donors (Lipinski definition) is 1. The summed E-state index contributed by atoms with van der Waals surface area (Å²) < 4.78 is 14.8. The van der Waals surface area contributed by atoms with E-state index in [0.717, 1.165) is 16.2 Å². The first-order valence-corrected chi connectivity index (χ1v) is 9.57. The molecule has 1 fully saturated rings. The maximum atomic E-state index is 13.1. The van der Waals surface area contributed by atoms with E-state index in [9.17, 15) is 14.0 Å². The number of nitrogens with zero attached hydrogens (tertiary/aromatic N) is 4. The maximum Gasteiger partial charge on any atom is 0.243 e. The van der Waals surface area contributed by atoms with Gasteiger partial charge in [-0.15, -0.1) is 11.3 Å². The van der Waals surface area contributed by atoms with Gasteiger partial charge in [-0.3, -0.25) is 9.59 Å². The number of aromatic nitrogens is 3. The molecule has 9 heteroatoms. The second-order valence-electron chi connectivity index (χ2n) is 6.46. The lowest BCUT2D eigenvalue weighted by Gasteiger charge is -2.34. The van der Waals surface area contributed by atoms with Crippen molar-refractivity contribution in [3.8, 4) is 0 Å². The number of nitrogens with one attached hydrogen (secondary N) is 1. The Balaban J connectivity index is 1.45. The molecule has 1 N–H and O–H groups in total. The summed E-state index contributed by atoms with van der Waals surface area (Å²) in [5, 5.41) is 8.94. The van der Waals surface area contributed by atoms with Crippen molar-refractivity contribution in [1.82, 2.24) is 24.8 Å². The summed E-state index contributed by atoms with van der Waals surface area (Å²) in [5.41, 5.74) is 1.64. The summed E-state index contributed by atoms with van der Waals surface area (Å²) in [6.45, 7) is 0.611. The number of halogens is 1. The first kappa shape index (κ1) is 17.6. The van der Waals surface area contributed by atoms with E-state index >= 15 is 0 Å². The zero-order valence-electron chi connectivity index (χ0n) is 14.5. The highest BCUT2D eigenvalue weighted by Crippen LogP contribution is 2.22. The fourth-order valence-electron chi connectivity index (χ4n) is 3.27. The van der Waals surface area contributed by atoms with Crippen LogP contribution in [0.4, 0.5) is 4.39 Å². The van der Waals surface area contributed by atoms with E-state index in [1.165, 1.54) is 29.8 Å². The number of piperidine rings is 1. The molecule has 0 spiro atoms. The minimum atomic E-state index is -0.527. The van der Waals surface area contributed by atoms with Crippen molar-refractivity contribution >= 4 is 28.1 Å². The van der Waals surface area contributed by atoms with Gasteiger partial charge in [0, 0.05) is 18.3 Å². The fourth-order valence-corrected chi connectivity index (χ4v) is 4.07. The van der Waals surface area contributed by atoms with Gasteiger partial charge in [-0.2, -0.15) is 5.10 Å². The smallest absolute Gasteiger partial charge is 0.243 e. The zero-order valence-corrected chi connectivity index (χ0v) is 15.3. The molecule has 4 rings (SSSR count). The molecule has 1 aliphatic heterocycles. The molecule has 27 heavy (non-hydrogen) atoms. The van der Waals surface area contributed by atoms with Gasteiger partial charge in [0.1, 0.15) is 18.2 Å². The number of amides is 2. The number of carbonyl (C=O) groups is 2. The van der Waals surface area contributed by atoms with Crippen LogP contribution in [0.15, 0.2) is 36.0 Å². The summed E-state index contributed by atoms with van der Waals surface area (Å²) >= 11 is 1.45. The number of likely N-dealkylation sites (tertiary alicyclic amines) is 1. The maximum absolute atomic E-state index is 13.1. The van der Waals surface area contributed by atoms with Crippen LogP contribution in [0.3, 0.4) is 0 Å². The van der Waals surface area contributed by atoms with Crippen molar-refractivity contribution in [3.63, 3.8) is 0 Å². The molecule has 3 aromatic rings. The third kappa shape index (κ3) is 3.68. The lowest BCUT2D eigenvalue weighted by molar-refractivity contribution is -0.144. The predicted molar refractivity (Wildman–Crippen MR) is 97.3 cm³/mol. The average Bonchev–Trinajstić information content (AvgIpc) is 3.27. The standard InChI is InChI=1S/C18H18FN5O2S/c19-13-6-4-12(5-7-13)9-23-15(2-1-3-16(23)25)17(26)20-8-14-10-27-18-21-11-22-24(14)18/h4-7,10-11,15H,1-3,8-9H2,(H,20,26). The van der Waals surface area contributed by atoms with Gasteiger partial charge in [0.05, 0.1) is 12.2 Å². The molecule has 2 aromatic heterocycles. The molecule has 1 aliphatic rings.